The van der Waals surface area contributed by atoms with Crippen molar-refractivity contribution in [3.63, 3.8) is 0 Å². The number of carbonyl (C=O) groups excluding carboxylic acids is 1. The lowest BCUT2D eigenvalue weighted by molar-refractivity contribution is -0.157. The van der Waals surface area contributed by atoms with Gasteiger partial charge in [0.15, 0.2) is 0 Å². The Kier molecular flexibility index (Phi) is 4.23. The van der Waals surface area contributed by atoms with Crippen molar-refractivity contribution in [3.05, 3.63) is 34.3 Å². The summed E-state index contributed by atoms with van der Waals surface area (Å²) in [6.45, 7) is 1.63. The molecule has 0 unspecified atom stereocenters. The molecule has 2 fully saturated rings. The van der Waals surface area contributed by atoms with E-state index in [1.54, 1.807) is 4.90 Å². The van der Waals surface area contributed by atoms with Gasteiger partial charge >= 0.3 is 5.97 Å². The standard InChI is InChI=1S/C16H18BrNO4/c17-13-4-2-1-3-11(13)7-14(19)18-8-12-9-22-6-5-16(12,10-18)15(20)21/h1-4,12H,5-10H2,(H,20,21)/t12-,16+/m0/s1. The Morgan fingerprint density at radius 1 is 1.41 bits per heavy atom. The Balaban J connectivity index is 1.75. The summed E-state index contributed by atoms with van der Waals surface area (Å²) in [6, 6.07) is 7.60. The van der Waals surface area contributed by atoms with Gasteiger partial charge in [-0.15, -0.1) is 0 Å². The van der Waals surface area contributed by atoms with E-state index < -0.39 is 11.4 Å². The van der Waals surface area contributed by atoms with Gasteiger partial charge in [-0.2, -0.15) is 0 Å². The van der Waals surface area contributed by atoms with E-state index in [1.807, 2.05) is 24.3 Å². The molecule has 22 heavy (non-hydrogen) atoms. The lowest BCUT2D eigenvalue weighted by atomic mass is 9.74. The van der Waals surface area contributed by atoms with Crippen LogP contribution >= 0.6 is 15.9 Å². The summed E-state index contributed by atoms with van der Waals surface area (Å²) in [5.41, 5.74) is 0.0879. The lowest BCUT2D eigenvalue weighted by Crippen LogP contribution is -2.45. The number of carboxylic acids is 1. The molecule has 0 bridgehead atoms. The van der Waals surface area contributed by atoms with Gasteiger partial charge in [-0.25, -0.2) is 0 Å². The molecule has 2 saturated heterocycles. The molecule has 2 atom stereocenters. The third-order valence-corrected chi connectivity index (χ3v) is 5.56. The summed E-state index contributed by atoms with van der Waals surface area (Å²) in [7, 11) is 0. The highest BCUT2D eigenvalue weighted by molar-refractivity contribution is 9.10. The van der Waals surface area contributed by atoms with Crippen LogP contribution in [0.1, 0.15) is 12.0 Å². The van der Waals surface area contributed by atoms with Crippen molar-refractivity contribution in [2.45, 2.75) is 12.8 Å². The molecule has 3 rings (SSSR count). The number of rotatable bonds is 3. The predicted octanol–water partition coefficient (Wildman–Crippen LogP) is 1.94. The molecule has 2 aliphatic rings. The van der Waals surface area contributed by atoms with E-state index in [0.717, 1.165) is 10.0 Å². The number of benzene rings is 1. The fourth-order valence-corrected chi connectivity index (χ4v) is 3.83. The summed E-state index contributed by atoms with van der Waals surface area (Å²) >= 11 is 3.44. The van der Waals surface area contributed by atoms with Crippen molar-refractivity contribution in [3.8, 4) is 0 Å². The average molecular weight is 368 g/mol. The van der Waals surface area contributed by atoms with E-state index in [4.69, 9.17) is 4.74 Å². The quantitative estimate of drug-likeness (QED) is 0.886. The minimum atomic E-state index is -0.832. The molecule has 0 aromatic heterocycles. The maximum Gasteiger partial charge on any atom is 0.311 e. The summed E-state index contributed by atoms with van der Waals surface area (Å²) in [4.78, 5) is 26.0. The monoisotopic (exact) mass is 367 g/mol. The number of halogens is 1. The number of likely N-dealkylation sites (tertiary alicyclic amines) is 1. The fraction of sp³-hybridized carbons (Fsp3) is 0.500. The molecular formula is C16H18BrNO4. The Hall–Kier alpha value is -1.40. The van der Waals surface area contributed by atoms with Crippen LogP contribution in [-0.4, -0.2) is 48.2 Å². The zero-order chi connectivity index (χ0) is 15.7. The maximum atomic E-state index is 12.5. The molecule has 118 valence electrons. The molecular weight excluding hydrogens is 350 g/mol. The van der Waals surface area contributed by atoms with Gasteiger partial charge in [-0.3, -0.25) is 9.59 Å². The second kappa shape index (κ2) is 6.01. The number of amides is 1. The van der Waals surface area contributed by atoms with E-state index in [1.165, 1.54) is 0 Å². The lowest BCUT2D eigenvalue weighted by Gasteiger charge is -2.33. The Morgan fingerprint density at radius 3 is 2.86 bits per heavy atom. The second-order valence-corrected chi connectivity index (χ2v) is 6.88. The number of fused-ring (bicyclic) bond motifs is 1. The highest BCUT2D eigenvalue weighted by Crippen LogP contribution is 2.42. The Bertz CT molecular complexity index is 606. The van der Waals surface area contributed by atoms with Crippen LogP contribution in [0, 0.1) is 11.3 Å². The number of carbonyl (C=O) groups is 2. The van der Waals surface area contributed by atoms with Crippen molar-refractivity contribution >= 4 is 27.8 Å². The van der Waals surface area contributed by atoms with Crippen LogP contribution in [0.3, 0.4) is 0 Å². The van der Waals surface area contributed by atoms with Crippen molar-refractivity contribution in [1.29, 1.82) is 0 Å². The first-order valence-electron chi connectivity index (χ1n) is 7.35. The molecule has 0 saturated carbocycles. The number of aliphatic carboxylic acids is 1. The third-order valence-electron chi connectivity index (χ3n) is 4.78. The van der Waals surface area contributed by atoms with E-state index in [2.05, 4.69) is 15.9 Å². The molecule has 0 spiro atoms. The Labute approximate surface area is 137 Å². The molecule has 1 amide bonds. The second-order valence-electron chi connectivity index (χ2n) is 6.03. The smallest absolute Gasteiger partial charge is 0.311 e. The van der Waals surface area contributed by atoms with Gasteiger partial charge in [-0.1, -0.05) is 34.1 Å². The van der Waals surface area contributed by atoms with Gasteiger partial charge in [0.25, 0.3) is 0 Å². The predicted molar refractivity (Wildman–Crippen MR) is 83.4 cm³/mol. The summed E-state index contributed by atoms with van der Waals surface area (Å²) < 4.78 is 6.31. The first kappa shape index (κ1) is 15.5. The number of carboxylic acid groups (broad SMARTS) is 1. The zero-order valence-corrected chi connectivity index (χ0v) is 13.7. The first-order valence-corrected chi connectivity index (χ1v) is 8.14. The van der Waals surface area contributed by atoms with Crippen molar-refractivity contribution in [2.75, 3.05) is 26.3 Å². The third kappa shape index (κ3) is 2.65. The zero-order valence-electron chi connectivity index (χ0n) is 12.1. The molecule has 5 nitrogen and oxygen atoms in total. The number of nitrogens with zero attached hydrogens (tertiary/aromatic N) is 1. The van der Waals surface area contributed by atoms with E-state index in [-0.39, 0.29) is 18.2 Å². The van der Waals surface area contributed by atoms with Crippen LogP contribution < -0.4 is 0 Å². The normalized spacial score (nSPS) is 27.5. The maximum absolute atomic E-state index is 12.5. The molecule has 1 N–H and O–H groups in total. The van der Waals surface area contributed by atoms with E-state index in [9.17, 15) is 14.7 Å². The van der Waals surface area contributed by atoms with Crippen molar-refractivity contribution < 1.29 is 19.4 Å². The highest BCUT2D eigenvalue weighted by atomic mass is 79.9. The molecule has 1 aromatic carbocycles. The molecule has 6 heteroatoms. The van der Waals surface area contributed by atoms with E-state index >= 15 is 0 Å². The summed E-state index contributed by atoms with van der Waals surface area (Å²) in [5.74, 6) is -0.944. The number of ether oxygens (including phenoxy) is 1. The van der Waals surface area contributed by atoms with Gasteiger partial charge in [-0.05, 0) is 18.1 Å². The van der Waals surface area contributed by atoms with Crippen LogP contribution in [0.15, 0.2) is 28.7 Å². The van der Waals surface area contributed by atoms with Gasteiger partial charge in [0.1, 0.15) is 0 Å². The molecule has 2 aliphatic heterocycles. The largest absolute Gasteiger partial charge is 0.481 e. The number of hydrogen-bond donors (Lipinski definition) is 1. The molecule has 0 aliphatic carbocycles. The van der Waals surface area contributed by atoms with Crippen LogP contribution in [-0.2, 0) is 20.7 Å². The van der Waals surface area contributed by atoms with Crippen LogP contribution in [0.4, 0.5) is 0 Å². The average Bonchev–Trinajstić information content (AvgIpc) is 2.90. The fourth-order valence-electron chi connectivity index (χ4n) is 3.41. The minimum Gasteiger partial charge on any atom is -0.481 e. The van der Waals surface area contributed by atoms with Crippen LogP contribution in [0.2, 0.25) is 0 Å². The first-order chi connectivity index (χ1) is 10.5. The highest BCUT2D eigenvalue weighted by Gasteiger charge is 2.54. The van der Waals surface area contributed by atoms with Crippen molar-refractivity contribution in [2.24, 2.45) is 11.3 Å². The van der Waals surface area contributed by atoms with Gasteiger partial charge < -0.3 is 14.7 Å². The Morgan fingerprint density at radius 2 is 2.18 bits per heavy atom. The van der Waals surface area contributed by atoms with Gasteiger partial charge in [0, 0.05) is 30.1 Å². The SMILES string of the molecule is O=C(Cc1ccccc1Br)N1C[C@H]2COCC[C@@]2(C(=O)O)C1. The molecule has 0 radical (unpaired) electrons. The van der Waals surface area contributed by atoms with Crippen LogP contribution in [0.25, 0.3) is 0 Å². The number of hydrogen-bond acceptors (Lipinski definition) is 3. The summed E-state index contributed by atoms with van der Waals surface area (Å²) in [5, 5.41) is 9.63. The van der Waals surface area contributed by atoms with Gasteiger partial charge in [0.05, 0.1) is 18.4 Å². The van der Waals surface area contributed by atoms with Crippen LogP contribution in [0.5, 0.6) is 0 Å². The molecule has 1 aromatic rings. The topological polar surface area (TPSA) is 66.8 Å². The van der Waals surface area contributed by atoms with Crippen molar-refractivity contribution in [1.82, 2.24) is 4.90 Å². The van der Waals surface area contributed by atoms with Gasteiger partial charge in [0.2, 0.25) is 5.91 Å². The molecule has 2 heterocycles. The van der Waals surface area contributed by atoms with E-state index in [0.29, 0.717) is 32.7 Å². The summed E-state index contributed by atoms with van der Waals surface area (Å²) in [6.07, 6.45) is 0.760. The minimum absolute atomic E-state index is 0.0260.